The van der Waals surface area contributed by atoms with Crippen molar-refractivity contribution in [1.82, 2.24) is 0 Å². The van der Waals surface area contributed by atoms with Crippen molar-refractivity contribution in [1.29, 1.82) is 0 Å². The summed E-state index contributed by atoms with van der Waals surface area (Å²) in [5, 5.41) is 19.0. The molecule has 2 nitrogen and oxygen atoms in total. The zero-order valence-electron chi connectivity index (χ0n) is 8.45. The van der Waals surface area contributed by atoms with Crippen LogP contribution in [-0.4, -0.2) is 22.4 Å². The van der Waals surface area contributed by atoms with Crippen molar-refractivity contribution in [3.63, 3.8) is 0 Å². The average Bonchev–Trinajstić information content (AvgIpc) is 1.99. The largest absolute Gasteiger partial charge is 0.393 e. The van der Waals surface area contributed by atoms with Crippen molar-refractivity contribution < 1.29 is 10.2 Å². The number of hydrogen-bond acceptors (Lipinski definition) is 2. The molecule has 12 heavy (non-hydrogen) atoms. The molecule has 0 fully saturated rings. The Morgan fingerprint density at radius 3 is 1.83 bits per heavy atom. The Hall–Kier alpha value is -0.0800. The summed E-state index contributed by atoms with van der Waals surface area (Å²) in [6.45, 7) is 5.89. The Kier molecular flexibility index (Phi) is 6.39. The second-order valence-corrected chi connectivity index (χ2v) is 3.55. The molecule has 0 saturated heterocycles. The molecule has 2 heteroatoms. The SMILES string of the molecule is CCC[C@H]([C@H](C)O)[C@H](O)CCC. The second-order valence-electron chi connectivity index (χ2n) is 3.55. The van der Waals surface area contributed by atoms with E-state index in [1.54, 1.807) is 6.92 Å². The molecule has 0 aliphatic carbocycles. The fraction of sp³-hybridized carbons (Fsp3) is 1.00. The van der Waals surface area contributed by atoms with E-state index in [9.17, 15) is 10.2 Å². The van der Waals surface area contributed by atoms with Crippen molar-refractivity contribution in [3.8, 4) is 0 Å². The molecule has 2 N–H and O–H groups in total. The van der Waals surface area contributed by atoms with Crippen molar-refractivity contribution in [2.24, 2.45) is 5.92 Å². The molecule has 0 rings (SSSR count). The smallest absolute Gasteiger partial charge is 0.0592 e. The fourth-order valence-electron chi connectivity index (χ4n) is 1.60. The van der Waals surface area contributed by atoms with Crippen LogP contribution in [0.5, 0.6) is 0 Å². The molecule has 0 bridgehead atoms. The van der Waals surface area contributed by atoms with E-state index in [-0.39, 0.29) is 18.1 Å². The van der Waals surface area contributed by atoms with E-state index in [1.165, 1.54) is 0 Å². The van der Waals surface area contributed by atoms with Crippen LogP contribution in [0.2, 0.25) is 0 Å². The number of aliphatic hydroxyl groups is 2. The Balaban J connectivity index is 3.90. The van der Waals surface area contributed by atoms with Gasteiger partial charge >= 0.3 is 0 Å². The van der Waals surface area contributed by atoms with Gasteiger partial charge in [0.25, 0.3) is 0 Å². The van der Waals surface area contributed by atoms with E-state index in [1.807, 2.05) is 6.92 Å². The van der Waals surface area contributed by atoms with Crippen LogP contribution >= 0.6 is 0 Å². The van der Waals surface area contributed by atoms with Gasteiger partial charge in [-0.2, -0.15) is 0 Å². The van der Waals surface area contributed by atoms with Crippen molar-refractivity contribution in [2.75, 3.05) is 0 Å². The molecule has 0 heterocycles. The maximum absolute atomic E-state index is 9.65. The van der Waals surface area contributed by atoms with Crippen LogP contribution in [0.15, 0.2) is 0 Å². The molecule has 0 radical (unpaired) electrons. The molecule has 0 aromatic heterocycles. The third-order valence-corrected chi connectivity index (χ3v) is 2.32. The summed E-state index contributed by atoms with van der Waals surface area (Å²) in [5.74, 6) is 0.0648. The molecule has 0 aliphatic heterocycles. The molecular formula is C10H22O2. The van der Waals surface area contributed by atoms with Gasteiger partial charge in [-0.1, -0.05) is 26.7 Å². The number of rotatable bonds is 6. The average molecular weight is 174 g/mol. The van der Waals surface area contributed by atoms with Crippen molar-refractivity contribution >= 4 is 0 Å². The second kappa shape index (κ2) is 6.44. The lowest BCUT2D eigenvalue weighted by molar-refractivity contribution is 0.0123. The van der Waals surface area contributed by atoms with Crippen LogP contribution in [0, 0.1) is 5.92 Å². The Morgan fingerprint density at radius 1 is 1.00 bits per heavy atom. The third-order valence-electron chi connectivity index (χ3n) is 2.32. The Labute approximate surface area is 75.6 Å². The van der Waals surface area contributed by atoms with E-state index >= 15 is 0 Å². The maximum atomic E-state index is 9.65. The Bertz CT molecular complexity index is 102. The van der Waals surface area contributed by atoms with Crippen molar-refractivity contribution in [2.45, 2.75) is 58.7 Å². The zero-order chi connectivity index (χ0) is 9.56. The topological polar surface area (TPSA) is 40.5 Å². The predicted molar refractivity (Wildman–Crippen MR) is 51.0 cm³/mol. The molecule has 0 saturated carbocycles. The highest BCUT2D eigenvalue weighted by Gasteiger charge is 2.21. The molecule has 0 aromatic carbocycles. The predicted octanol–water partition coefficient (Wildman–Crippen LogP) is 1.94. The first kappa shape index (κ1) is 11.9. The standard InChI is InChI=1S/C10H22O2/c1-4-6-9(8(3)11)10(12)7-5-2/h8-12H,4-7H2,1-3H3/t8-,9+,10+/m0/s1. The first-order chi connectivity index (χ1) is 5.63. The van der Waals surface area contributed by atoms with Crippen LogP contribution in [0.25, 0.3) is 0 Å². The highest BCUT2D eigenvalue weighted by molar-refractivity contribution is 4.72. The van der Waals surface area contributed by atoms with Crippen molar-refractivity contribution in [3.05, 3.63) is 0 Å². The van der Waals surface area contributed by atoms with Crippen LogP contribution in [0.3, 0.4) is 0 Å². The van der Waals surface area contributed by atoms with E-state index in [0.29, 0.717) is 0 Å². The van der Waals surface area contributed by atoms with Gasteiger partial charge in [0, 0.05) is 5.92 Å². The zero-order valence-corrected chi connectivity index (χ0v) is 8.45. The first-order valence-electron chi connectivity index (χ1n) is 4.99. The van der Waals surface area contributed by atoms with Gasteiger partial charge in [-0.15, -0.1) is 0 Å². The van der Waals surface area contributed by atoms with Gasteiger partial charge in [0.2, 0.25) is 0 Å². The molecule has 0 amide bonds. The van der Waals surface area contributed by atoms with Gasteiger partial charge in [0.05, 0.1) is 12.2 Å². The van der Waals surface area contributed by atoms with Gasteiger partial charge in [-0.25, -0.2) is 0 Å². The number of hydrogen-bond donors (Lipinski definition) is 2. The summed E-state index contributed by atoms with van der Waals surface area (Å²) >= 11 is 0. The highest BCUT2D eigenvalue weighted by atomic mass is 16.3. The quantitative estimate of drug-likeness (QED) is 0.646. The number of aliphatic hydroxyl groups excluding tert-OH is 2. The minimum absolute atomic E-state index is 0.0648. The maximum Gasteiger partial charge on any atom is 0.0592 e. The highest BCUT2D eigenvalue weighted by Crippen LogP contribution is 2.19. The normalized spacial score (nSPS) is 18.8. The molecule has 0 spiro atoms. The van der Waals surface area contributed by atoms with Crippen LogP contribution in [0.1, 0.15) is 46.5 Å². The summed E-state index contributed by atoms with van der Waals surface area (Å²) in [6, 6.07) is 0. The summed E-state index contributed by atoms with van der Waals surface area (Å²) in [7, 11) is 0. The minimum atomic E-state index is -0.383. The van der Waals surface area contributed by atoms with E-state index in [4.69, 9.17) is 0 Å². The van der Waals surface area contributed by atoms with Crippen LogP contribution in [0.4, 0.5) is 0 Å². The minimum Gasteiger partial charge on any atom is -0.393 e. The fourth-order valence-corrected chi connectivity index (χ4v) is 1.60. The van der Waals surface area contributed by atoms with Gasteiger partial charge in [0.15, 0.2) is 0 Å². The van der Waals surface area contributed by atoms with Gasteiger partial charge in [0.1, 0.15) is 0 Å². The molecule has 0 aromatic rings. The monoisotopic (exact) mass is 174 g/mol. The summed E-state index contributed by atoms with van der Waals surface area (Å²) in [4.78, 5) is 0. The molecule has 74 valence electrons. The summed E-state index contributed by atoms with van der Waals surface area (Å²) in [6.07, 6.45) is 3.01. The summed E-state index contributed by atoms with van der Waals surface area (Å²) < 4.78 is 0. The molecule has 3 atom stereocenters. The molecule has 0 aliphatic rings. The van der Waals surface area contributed by atoms with Gasteiger partial charge in [-0.05, 0) is 19.8 Å². The molecular weight excluding hydrogens is 152 g/mol. The van der Waals surface area contributed by atoms with Crippen LogP contribution in [-0.2, 0) is 0 Å². The lowest BCUT2D eigenvalue weighted by atomic mass is 9.90. The van der Waals surface area contributed by atoms with E-state index in [2.05, 4.69) is 6.92 Å². The first-order valence-corrected chi connectivity index (χ1v) is 4.99. The van der Waals surface area contributed by atoms with Gasteiger partial charge in [-0.3, -0.25) is 0 Å². The Morgan fingerprint density at radius 2 is 1.50 bits per heavy atom. The summed E-state index contributed by atoms with van der Waals surface area (Å²) in [5.41, 5.74) is 0. The third kappa shape index (κ3) is 4.07. The lowest BCUT2D eigenvalue weighted by Gasteiger charge is -2.24. The lowest BCUT2D eigenvalue weighted by Crippen LogP contribution is -2.29. The van der Waals surface area contributed by atoms with E-state index < -0.39 is 0 Å². The van der Waals surface area contributed by atoms with Gasteiger partial charge < -0.3 is 10.2 Å². The van der Waals surface area contributed by atoms with Crippen LogP contribution < -0.4 is 0 Å². The van der Waals surface area contributed by atoms with E-state index in [0.717, 1.165) is 25.7 Å². The molecule has 0 unspecified atom stereocenters.